The number of rotatable bonds is 2. The first-order chi connectivity index (χ1) is 9.13. The SMILES string of the molecule is NC(=O)c1ncc(-c2ccc3c(c2)NC(=O)CO3)[nH]1. The van der Waals surface area contributed by atoms with Gasteiger partial charge in [0.2, 0.25) is 0 Å². The number of primary amides is 1. The average Bonchev–Trinajstić information content (AvgIpc) is 2.87. The lowest BCUT2D eigenvalue weighted by Crippen LogP contribution is -2.25. The topological polar surface area (TPSA) is 110 Å². The van der Waals surface area contributed by atoms with Crippen molar-refractivity contribution in [1.29, 1.82) is 0 Å². The number of nitrogens with zero attached hydrogens (tertiary/aromatic N) is 1. The van der Waals surface area contributed by atoms with Gasteiger partial charge in [0.05, 0.1) is 17.6 Å². The van der Waals surface area contributed by atoms with Crippen LogP contribution in [0.25, 0.3) is 11.3 Å². The molecule has 7 heteroatoms. The Labute approximate surface area is 107 Å². The average molecular weight is 258 g/mol. The number of amides is 2. The minimum absolute atomic E-state index is 0.0161. The van der Waals surface area contributed by atoms with E-state index in [4.69, 9.17) is 10.5 Å². The molecule has 0 atom stereocenters. The zero-order chi connectivity index (χ0) is 13.4. The van der Waals surface area contributed by atoms with Crippen LogP contribution in [0.1, 0.15) is 10.6 Å². The normalized spacial score (nSPS) is 13.4. The Hall–Kier alpha value is -2.83. The number of fused-ring (bicyclic) bond motifs is 1. The molecule has 4 N–H and O–H groups in total. The number of H-pyrrole nitrogens is 1. The van der Waals surface area contributed by atoms with Gasteiger partial charge in [-0.3, -0.25) is 9.59 Å². The van der Waals surface area contributed by atoms with E-state index in [1.54, 1.807) is 18.2 Å². The molecule has 96 valence electrons. The molecule has 2 heterocycles. The number of hydrogen-bond donors (Lipinski definition) is 3. The van der Waals surface area contributed by atoms with Gasteiger partial charge in [-0.05, 0) is 18.2 Å². The fourth-order valence-electron chi connectivity index (χ4n) is 1.84. The van der Waals surface area contributed by atoms with Crippen molar-refractivity contribution in [2.75, 3.05) is 11.9 Å². The second-order valence-corrected chi connectivity index (χ2v) is 4.06. The molecule has 1 aliphatic heterocycles. The van der Waals surface area contributed by atoms with Crippen molar-refractivity contribution >= 4 is 17.5 Å². The van der Waals surface area contributed by atoms with Crippen LogP contribution >= 0.6 is 0 Å². The molecular weight excluding hydrogens is 248 g/mol. The number of ether oxygens (including phenoxy) is 1. The van der Waals surface area contributed by atoms with Crippen LogP contribution in [0.2, 0.25) is 0 Å². The van der Waals surface area contributed by atoms with Gasteiger partial charge in [-0.1, -0.05) is 0 Å². The highest BCUT2D eigenvalue weighted by atomic mass is 16.5. The maximum absolute atomic E-state index is 11.2. The molecule has 19 heavy (non-hydrogen) atoms. The van der Waals surface area contributed by atoms with Crippen LogP contribution in [0.3, 0.4) is 0 Å². The fraction of sp³-hybridized carbons (Fsp3) is 0.0833. The number of anilines is 1. The van der Waals surface area contributed by atoms with Crippen molar-refractivity contribution in [2.45, 2.75) is 0 Å². The summed E-state index contributed by atoms with van der Waals surface area (Å²) in [5, 5.41) is 2.71. The third kappa shape index (κ3) is 2.01. The van der Waals surface area contributed by atoms with E-state index in [1.165, 1.54) is 6.20 Å². The minimum atomic E-state index is -0.624. The fourth-order valence-corrected chi connectivity index (χ4v) is 1.84. The summed E-state index contributed by atoms with van der Waals surface area (Å²) >= 11 is 0. The summed E-state index contributed by atoms with van der Waals surface area (Å²) in [4.78, 5) is 28.9. The highest BCUT2D eigenvalue weighted by Crippen LogP contribution is 2.31. The molecule has 1 aromatic carbocycles. The Balaban J connectivity index is 1.99. The predicted molar refractivity (Wildman–Crippen MR) is 66.7 cm³/mol. The second-order valence-electron chi connectivity index (χ2n) is 4.06. The van der Waals surface area contributed by atoms with E-state index in [1.807, 2.05) is 0 Å². The molecule has 0 fully saturated rings. The molecule has 2 aromatic rings. The summed E-state index contributed by atoms with van der Waals surface area (Å²) in [7, 11) is 0. The van der Waals surface area contributed by atoms with Crippen LogP contribution in [-0.4, -0.2) is 28.4 Å². The molecule has 0 radical (unpaired) electrons. The van der Waals surface area contributed by atoms with Crippen molar-refractivity contribution in [3.63, 3.8) is 0 Å². The Kier molecular flexibility index (Phi) is 2.45. The number of nitrogens with two attached hydrogens (primary N) is 1. The zero-order valence-corrected chi connectivity index (χ0v) is 9.77. The molecule has 0 spiro atoms. The van der Waals surface area contributed by atoms with Gasteiger partial charge in [-0.15, -0.1) is 0 Å². The van der Waals surface area contributed by atoms with Crippen LogP contribution in [0.5, 0.6) is 5.75 Å². The molecule has 3 rings (SSSR count). The van der Waals surface area contributed by atoms with E-state index in [2.05, 4.69) is 15.3 Å². The first kappa shape index (κ1) is 11.3. The molecule has 0 saturated heterocycles. The molecule has 1 aliphatic rings. The summed E-state index contributed by atoms with van der Waals surface area (Å²) in [5.74, 6) is -0.126. The minimum Gasteiger partial charge on any atom is -0.482 e. The maximum Gasteiger partial charge on any atom is 0.284 e. The Morgan fingerprint density at radius 3 is 3.00 bits per heavy atom. The van der Waals surface area contributed by atoms with Crippen molar-refractivity contribution in [1.82, 2.24) is 9.97 Å². The summed E-state index contributed by atoms with van der Waals surface area (Å²) in [6.45, 7) is 0.0161. The summed E-state index contributed by atoms with van der Waals surface area (Å²) in [6, 6.07) is 5.29. The number of nitrogens with one attached hydrogen (secondary N) is 2. The molecule has 0 aliphatic carbocycles. The van der Waals surface area contributed by atoms with E-state index >= 15 is 0 Å². The predicted octanol–water partition coefficient (Wildman–Crippen LogP) is 0.506. The Morgan fingerprint density at radius 1 is 1.42 bits per heavy atom. The number of hydrogen-bond acceptors (Lipinski definition) is 4. The molecule has 0 saturated carbocycles. The maximum atomic E-state index is 11.2. The Morgan fingerprint density at radius 2 is 2.26 bits per heavy atom. The number of aromatic amines is 1. The van der Waals surface area contributed by atoms with E-state index in [9.17, 15) is 9.59 Å². The smallest absolute Gasteiger partial charge is 0.284 e. The number of benzene rings is 1. The highest BCUT2D eigenvalue weighted by Gasteiger charge is 2.17. The monoisotopic (exact) mass is 258 g/mol. The molecule has 0 bridgehead atoms. The van der Waals surface area contributed by atoms with Gasteiger partial charge in [-0.2, -0.15) is 0 Å². The quantitative estimate of drug-likeness (QED) is 0.728. The van der Waals surface area contributed by atoms with Crippen molar-refractivity contribution in [3.8, 4) is 17.0 Å². The third-order valence-electron chi connectivity index (χ3n) is 2.73. The van der Waals surface area contributed by atoms with Gasteiger partial charge in [-0.25, -0.2) is 4.98 Å². The Bertz CT molecular complexity index is 677. The first-order valence-corrected chi connectivity index (χ1v) is 5.55. The number of aromatic nitrogens is 2. The van der Waals surface area contributed by atoms with E-state index < -0.39 is 5.91 Å². The van der Waals surface area contributed by atoms with Gasteiger partial charge in [0.15, 0.2) is 12.4 Å². The van der Waals surface area contributed by atoms with Gasteiger partial charge < -0.3 is 20.8 Å². The summed E-state index contributed by atoms with van der Waals surface area (Å²) in [5.41, 5.74) is 7.12. The molecular formula is C12H10N4O3. The summed E-state index contributed by atoms with van der Waals surface area (Å²) in [6.07, 6.45) is 1.51. The van der Waals surface area contributed by atoms with Crippen LogP contribution in [0.15, 0.2) is 24.4 Å². The van der Waals surface area contributed by atoms with E-state index in [0.29, 0.717) is 17.1 Å². The van der Waals surface area contributed by atoms with Gasteiger partial charge >= 0.3 is 0 Å². The van der Waals surface area contributed by atoms with Crippen LogP contribution in [0.4, 0.5) is 5.69 Å². The first-order valence-electron chi connectivity index (χ1n) is 5.55. The number of imidazole rings is 1. The lowest BCUT2D eigenvalue weighted by molar-refractivity contribution is -0.118. The van der Waals surface area contributed by atoms with Gasteiger partial charge in [0.25, 0.3) is 11.8 Å². The summed E-state index contributed by atoms with van der Waals surface area (Å²) < 4.78 is 5.26. The van der Waals surface area contributed by atoms with Gasteiger partial charge in [0, 0.05) is 5.56 Å². The zero-order valence-electron chi connectivity index (χ0n) is 9.77. The third-order valence-corrected chi connectivity index (χ3v) is 2.73. The molecule has 2 amide bonds. The van der Waals surface area contributed by atoms with Crippen LogP contribution < -0.4 is 15.8 Å². The lowest BCUT2D eigenvalue weighted by atomic mass is 10.1. The lowest BCUT2D eigenvalue weighted by Gasteiger charge is -2.18. The van der Waals surface area contributed by atoms with E-state index in [-0.39, 0.29) is 18.3 Å². The van der Waals surface area contributed by atoms with Gasteiger partial charge in [0.1, 0.15) is 5.75 Å². The largest absolute Gasteiger partial charge is 0.482 e. The second kappa shape index (κ2) is 4.13. The molecule has 7 nitrogen and oxygen atoms in total. The number of carbonyl (C=O) groups excluding carboxylic acids is 2. The van der Waals surface area contributed by atoms with E-state index in [0.717, 1.165) is 5.56 Å². The van der Waals surface area contributed by atoms with Crippen LogP contribution in [0, 0.1) is 0 Å². The molecule has 1 aromatic heterocycles. The standard InChI is InChI=1S/C12H10N4O3/c13-11(18)12-14-4-8(16-12)6-1-2-9-7(3-6)15-10(17)5-19-9/h1-4H,5H2,(H2,13,18)(H,14,16)(H,15,17). The molecule has 0 unspecified atom stereocenters. The van der Waals surface area contributed by atoms with Crippen LogP contribution in [-0.2, 0) is 4.79 Å². The highest BCUT2D eigenvalue weighted by molar-refractivity contribution is 5.96. The van der Waals surface area contributed by atoms with Crippen molar-refractivity contribution in [2.24, 2.45) is 5.73 Å². The van der Waals surface area contributed by atoms with Crippen molar-refractivity contribution in [3.05, 3.63) is 30.2 Å². The number of carbonyl (C=O) groups is 2. The van der Waals surface area contributed by atoms with Crippen molar-refractivity contribution < 1.29 is 14.3 Å².